The minimum Gasteiger partial charge on any atom is -0.389 e. The first-order valence-electron chi connectivity index (χ1n) is 5.27. The topological polar surface area (TPSA) is 50.9 Å². The maximum Gasteiger partial charge on any atom is 0.136 e. The molecule has 0 aliphatic rings. The van der Waals surface area contributed by atoms with Crippen molar-refractivity contribution in [1.29, 1.82) is 0 Å². The van der Waals surface area contributed by atoms with E-state index < -0.39 is 0 Å². The summed E-state index contributed by atoms with van der Waals surface area (Å²) in [5, 5.41) is 7.49. The van der Waals surface area contributed by atoms with Gasteiger partial charge in [-0.25, -0.2) is 4.98 Å². The van der Waals surface area contributed by atoms with Crippen LogP contribution in [0.25, 0.3) is 0 Å². The number of hydrogen-bond donors (Lipinski definition) is 2. The zero-order valence-electron chi connectivity index (χ0n) is 9.22. The van der Waals surface area contributed by atoms with Crippen LogP contribution >= 0.6 is 23.6 Å². The van der Waals surface area contributed by atoms with Crippen molar-refractivity contribution in [1.82, 2.24) is 4.98 Å². The van der Waals surface area contributed by atoms with Gasteiger partial charge in [0.2, 0.25) is 0 Å². The highest BCUT2D eigenvalue weighted by Gasteiger charge is 2.04. The lowest BCUT2D eigenvalue weighted by Gasteiger charge is -2.08. The van der Waals surface area contributed by atoms with Crippen molar-refractivity contribution in [2.45, 2.75) is 6.42 Å². The van der Waals surface area contributed by atoms with Crippen LogP contribution in [0.5, 0.6) is 0 Å². The number of rotatable bonds is 5. The zero-order valence-corrected chi connectivity index (χ0v) is 10.9. The van der Waals surface area contributed by atoms with Crippen LogP contribution in [0, 0.1) is 0 Å². The van der Waals surface area contributed by atoms with E-state index in [0.717, 1.165) is 24.3 Å². The van der Waals surface area contributed by atoms with Gasteiger partial charge in [0, 0.05) is 12.7 Å². The molecule has 17 heavy (non-hydrogen) atoms. The van der Waals surface area contributed by atoms with Crippen LogP contribution in [0.2, 0.25) is 0 Å². The summed E-state index contributed by atoms with van der Waals surface area (Å²) < 4.78 is 0. The summed E-state index contributed by atoms with van der Waals surface area (Å²) in [6, 6.07) is 5.83. The SMILES string of the molecule is NC(=S)c1cccnc1NCCc1ccsc1. The third-order valence-corrected chi connectivity index (χ3v) is 3.31. The van der Waals surface area contributed by atoms with Crippen LogP contribution in [0.15, 0.2) is 35.2 Å². The highest BCUT2D eigenvalue weighted by molar-refractivity contribution is 7.80. The molecule has 0 atom stereocenters. The molecule has 0 amide bonds. The number of nitrogens with one attached hydrogen (secondary N) is 1. The molecule has 5 heteroatoms. The second-order valence-electron chi connectivity index (χ2n) is 3.57. The molecule has 0 spiro atoms. The molecule has 0 fully saturated rings. The van der Waals surface area contributed by atoms with Gasteiger partial charge in [0.05, 0.1) is 5.56 Å². The smallest absolute Gasteiger partial charge is 0.136 e. The molecular formula is C12H13N3S2. The maximum absolute atomic E-state index is 5.63. The van der Waals surface area contributed by atoms with Crippen LogP contribution in [-0.4, -0.2) is 16.5 Å². The van der Waals surface area contributed by atoms with Crippen LogP contribution < -0.4 is 11.1 Å². The fourth-order valence-electron chi connectivity index (χ4n) is 1.51. The molecular weight excluding hydrogens is 250 g/mol. The number of hydrogen-bond acceptors (Lipinski definition) is 4. The molecule has 3 nitrogen and oxygen atoms in total. The predicted octanol–water partition coefficient (Wildman–Crippen LogP) is 2.43. The van der Waals surface area contributed by atoms with E-state index in [9.17, 15) is 0 Å². The van der Waals surface area contributed by atoms with E-state index in [-0.39, 0.29) is 0 Å². The van der Waals surface area contributed by atoms with Gasteiger partial charge in [-0.15, -0.1) is 0 Å². The number of pyridine rings is 1. The van der Waals surface area contributed by atoms with Gasteiger partial charge in [-0.1, -0.05) is 12.2 Å². The van der Waals surface area contributed by atoms with Gasteiger partial charge in [0.25, 0.3) is 0 Å². The molecule has 0 radical (unpaired) electrons. The van der Waals surface area contributed by atoms with Crippen LogP contribution in [0.4, 0.5) is 5.82 Å². The Morgan fingerprint density at radius 2 is 2.35 bits per heavy atom. The Morgan fingerprint density at radius 3 is 3.06 bits per heavy atom. The van der Waals surface area contributed by atoms with Crippen LogP contribution in [0.1, 0.15) is 11.1 Å². The lowest BCUT2D eigenvalue weighted by molar-refractivity contribution is 1.01. The van der Waals surface area contributed by atoms with E-state index in [2.05, 4.69) is 27.1 Å². The third-order valence-electron chi connectivity index (χ3n) is 2.36. The Bertz CT molecular complexity index is 494. The highest BCUT2D eigenvalue weighted by Crippen LogP contribution is 2.12. The molecule has 3 N–H and O–H groups in total. The molecule has 88 valence electrons. The first kappa shape index (κ1) is 12.0. The predicted molar refractivity (Wildman–Crippen MR) is 76.6 cm³/mol. The zero-order chi connectivity index (χ0) is 12.1. The molecule has 0 aliphatic carbocycles. The van der Waals surface area contributed by atoms with Crippen molar-refractivity contribution in [2.24, 2.45) is 5.73 Å². The summed E-state index contributed by atoms with van der Waals surface area (Å²) in [4.78, 5) is 4.61. The minimum atomic E-state index is 0.371. The van der Waals surface area contributed by atoms with Gasteiger partial charge >= 0.3 is 0 Å². The van der Waals surface area contributed by atoms with E-state index in [0.29, 0.717) is 4.99 Å². The van der Waals surface area contributed by atoms with Gasteiger partial charge in [0.1, 0.15) is 10.8 Å². The van der Waals surface area contributed by atoms with Crippen molar-refractivity contribution < 1.29 is 0 Å². The van der Waals surface area contributed by atoms with Crippen molar-refractivity contribution in [2.75, 3.05) is 11.9 Å². The molecule has 2 rings (SSSR count). The Balaban J connectivity index is 1.97. The first-order chi connectivity index (χ1) is 8.27. The molecule has 0 unspecified atom stereocenters. The highest BCUT2D eigenvalue weighted by atomic mass is 32.1. The van der Waals surface area contributed by atoms with E-state index in [1.807, 2.05) is 12.1 Å². The summed E-state index contributed by atoms with van der Waals surface area (Å²) in [5.41, 5.74) is 7.76. The second kappa shape index (κ2) is 5.75. The average Bonchev–Trinajstić information content (AvgIpc) is 2.82. The molecule has 0 saturated heterocycles. The van der Waals surface area contributed by atoms with Crippen molar-refractivity contribution in [3.8, 4) is 0 Å². The summed E-state index contributed by atoms with van der Waals surface area (Å²) in [6.07, 6.45) is 2.70. The molecule has 2 aromatic heterocycles. The van der Waals surface area contributed by atoms with Crippen molar-refractivity contribution in [3.05, 3.63) is 46.3 Å². The van der Waals surface area contributed by atoms with Crippen molar-refractivity contribution >= 4 is 34.4 Å². The molecule has 0 aromatic carbocycles. The first-order valence-corrected chi connectivity index (χ1v) is 6.62. The molecule has 0 bridgehead atoms. The quantitative estimate of drug-likeness (QED) is 0.814. The largest absolute Gasteiger partial charge is 0.389 e. The molecule has 0 aliphatic heterocycles. The number of thiophene rings is 1. The number of aromatic nitrogens is 1. The second-order valence-corrected chi connectivity index (χ2v) is 4.79. The van der Waals surface area contributed by atoms with Crippen LogP contribution in [-0.2, 0) is 6.42 Å². The molecule has 2 heterocycles. The Morgan fingerprint density at radius 1 is 1.47 bits per heavy atom. The number of anilines is 1. The lowest BCUT2D eigenvalue weighted by Crippen LogP contribution is -2.15. The van der Waals surface area contributed by atoms with Gasteiger partial charge in [-0.2, -0.15) is 11.3 Å². The Kier molecular flexibility index (Phi) is 4.06. The van der Waals surface area contributed by atoms with E-state index in [4.69, 9.17) is 18.0 Å². The minimum absolute atomic E-state index is 0.371. The normalized spacial score (nSPS) is 10.1. The fourth-order valence-corrected chi connectivity index (χ4v) is 2.37. The Labute approximate surface area is 110 Å². The van der Waals surface area contributed by atoms with E-state index in [1.165, 1.54) is 5.56 Å². The summed E-state index contributed by atoms with van der Waals surface area (Å²) >= 11 is 6.69. The van der Waals surface area contributed by atoms with Gasteiger partial charge in [-0.3, -0.25) is 0 Å². The third kappa shape index (κ3) is 3.25. The Hall–Kier alpha value is -1.46. The fraction of sp³-hybridized carbons (Fsp3) is 0.167. The number of nitrogens with zero attached hydrogens (tertiary/aromatic N) is 1. The standard InChI is InChI=1S/C12H13N3S2/c13-11(16)10-2-1-5-14-12(10)15-6-3-9-4-7-17-8-9/h1-2,4-5,7-8H,3,6H2,(H2,13,16)(H,14,15). The van der Waals surface area contributed by atoms with Gasteiger partial charge in [-0.05, 0) is 40.9 Å². The number of thiocarbonyl (C=S) groups is 1. The van der Waals surface area contributed by atoms with Crippen LogP contribution in [0.3, 0.4) is 0 Å². The monoisotopic (exact) mass is 263 g/mol. The summed E-state index contributed by atoms with van der Waals surface area (Å²) in [7, 11) is 0. The van der Waals surface area contributed by atoms with Crippen molar-refractivity contribution in [3.63, 3.8) is 0 Å². The van der Waals surface area contributed by atoms with Gasteiger partial charge < -0.3 is 11.1 Å². The van der Waals surface area contributed by atoms with E-state index >= 15 is 0 Å². The number of nitrogens with two attached hydrogens (primary N) is 1. The average molecular weight is 263 g/mol. The lowest BCUT2D eigenvalue weighted by atomic mass is 10.2. The van der Waals surface area contributed by atoms with Gasteiger partial charge in [0.15, 0.2) is 0 Å². The summed E-state index contributed by atoms with van der Waals surface area (Å²) in [5.74, 6) is 0.759. The molecule has 0 saturated carbocycles. The van der Waals surface area contributed by atoms with E-state index in [1.54, 1.807) is 17.5 Å². The molecule has 2 aromatic rings. The summed E-state index contributed by atoms with van der Waals surface area (Å²) in [6.45, 7) is 0.823. The maximum atomic E-state index is 5.63.